The molecule has 1 aromatic carbocycles. The average Bonchev–Trinajstić information content (AvgIpc) is 2.27. The van der Waals surface area contributed by atoms with Crippen molar-refractivity contribution in [3.8, 4) is 0 Å². The molecule has 0 radical (unpaired) electrons. The topological polar surface area (TPSA) is 123 Å². The molecule has 0 aliphatic rings. The number of benzene rings is 1. The molecule has 0 saturated heterocycles. The fraction of sp³-hybridized carbons (Fsp3) is 0.222. The molecule has 0 aliphatic carbocycles. The van der Waals surface area contributed by atoms with Gasteiger partial charge in [0.2, 0.25) is 0 Å². The van der Waals surface area contributed by atoms with Crippen LogP contribution in [0.4, 0.5) is 0 Å². The van der Waals surface area contributed by atoms with E-state index in [0.29, 0.717) is 0 Å². The highest BCUT2D eigenvalue weighted by Gasteiger charge is 2.33. The van der Waals surface area contributed by atoms with Gasteiger partial charge in [-0.25, -0.2) is 8.42 Å². The zero-order chi connectivity index (χ0) is 13.2. The van der Waals surface area contributed by atoms with E-state index in [0.717, 1.165) is 3.57 Å². The summed E-state index contributed by atoms with van der Waals surface area (Å²) in [5.41, 5.74) is 10.6. The summed E-state index contributed by atoms with van der Waals surface area (Å²) >= 11 is 2.02. The second-order valence-corrected chi connectivity index (χ2v) is 6.68. The van der Waals surface area contributed by atoms with E-state index < -0.39 is 27.2 Å². The molecule has 6 nitrogen and oxygen atoms in total. The summed E-state index contributed by atoms with van der Waals surface area (Å²) in [4.78, 5) is 10.6. The second-order valence-electron chi connectivity index (χ2n) is 3.33. The number of carboxylic acid groups (broad SMARTS) is 1. The Morgan fingerprint density at radius 3 is 2.12 bits per heavy atom. The molecule has 0 bridgehead atoms. The molecular weight excluding hydrogens is 359 g/mol. The Balaban J connectivity index is 3.11. The predicted octanol–water partition coefficient (Wildman–Crippen LogP) is -0.238. The molecule has 94 valence electrons. The first kappa shape index (κ1) is 14.4. The standard InChI is InChI=1S/C9H11IN2O4S/c10-5-1-3-6(4-2-5)17(15,16)8(12)7(11)9(13)14/h1-4,7-8H,11-12H2,(H,13,14)/t7?,8-/m0/s1. The van der Waals surface area contributed by atoms with E-state index in [9.17, 15) is 13.2 Å². The summed E-state index contributed by atoms with van der Waals surface area (Å²) in [6.45, 7) is 0. The third-order valence-corrected chi connectivity index (χ3v) is 4.80. The number of sulfone groups is 1. The maximum absolute atomic E-state index is 11.9. The third kappa shape index (κ3) is 3.15. The van der Waals surface area contributed by atoms with Gasteiger partial charge in [-0.05, 0) is 46.9 Å². The van der Waals surface area contributed by atoms with Crippen molar-refractivity contribution in [2.45, 2.75) is 16.3 Å². The quantitative estimate of drug-likeness (QED) is 0.629. The van der Waals surface area contributed by atoms with Crippen LogP contribution in [0.1, 0.15) is 0 Å². The van der Waals surface area contributed by atoms with Crippen LogP contribution >= 0.6 is 22.6 Å². The van der Waals surface area contributed by atoms with Crippen LogP contribution in [0, 0.1) is 3.57 Å². The number of nitrogens with two attached hydrogens (primary N) is 2. The van der Waals surface area contributed by atoms with Crippen molar-refractivity contribution in [1.82, 2.24) is 0 Å². The minimum Gasteiger partial charge on any atom is -0.480 e. The first-order chi connectivity index (χ1) is 7.76. The Bertz CT molecular complexity index is 514. The van der Waals surface area contributed by atoms with Crippen LogP contribution in [0.25, 0.3) is 0 Å². The van der Waals surface area contributed by atoms with E-state index in [4.69, 9.17) is 16.6 Å². The van der Waals surface area contributed by atoms with E-state index in [1.165, 1.54) is 12.1 Å². The summed E-state index contributed by atoms with van der Waals surface area (Å²) in [6.07, 6.45) is 0. The van der Waals surface area contributed by atoms with Crippen LogP contribution < -0.4 is 11.5 Å². The van der Waals surface area contributed by atoms with Gasteiger partial charge in [-0.3, -0.25) is 4.79 Å². The molecule has 8 heteroatoms. The zero-order valence-electron chi connectivity index (χ0n) is 8.58. The van der Waals surface area contributed by atoms with Gasteiger partial charge in [0.05, 0.1) is 4.90 Å². The smallest absolute Gasteiger partial charge is 0.323 e. The average molecular weight is 370 g/mol. The number of hydrogen-bond donors (Lipinski definition) is 3. The van der Waals surface area contributed by atoms with E-state index in [1.54, 1.807) is 12.1 Å². The fourth-order valence-corrected chi connectivity index (χ4v) is 2.81. The molecule has 0 amide bonds. The van der Waals surface area contributed by atoms with Gasteiger partial charge < -0.3 is 16.6 Å². The Labute approximate surface area is 112 Å². The molecule has 1 unspecified atom stereocenters. The summed E-state index contributed by atoms with van der Waals surface area (Å²) < 4.78 is 24.7. The lowest BCUT2D eigenvalue weighted by Crippen LogP contribution is -2.51. The summed E-state index contributed by atoms with van der Waals surface area (Å²) in [6, 6.07) is 4.26. The number of carbonyl (C=O) groups is 1. The van der Waals surface area contributed by atoms with Crippen LogP contribution in [-0.4, -0.2) is 30.9 Å². The van der Waals surface area contributed by atoms with Crippen molar-refractivity contribution < 1.29 is 18.3 Å². The zero-order valence-corrected chi connectivity index (χ0v) is 11.6. The van der Waals surface area contributed by atoms with Crippen molar-refractivity contribution in [2.24, 2.45) is 11.5 Å². The fourth-order valence-electron chi connectivity index (χ4n) is 1.11. The van der Waals surface area contributed by atoms with Gasteiger partial charge in [0.1, 0.15) is 11.4 Å². The van der Waals surface area contributed by atoms with Crippen LogP contribution in [-0.2, 0) is 14.6 Å². The molecule has 0 heterocycles. The predicted molar refractivity (Wildman–Crippen MR) is 69.9 cm³/mol. The van der Waals surface area contributed by atoms with Gasteiger partial charge in [-0.2, -0.15) is 0 Å². The number of aliphatic carboxylic acids is 1. The normalized spacial score (nSPS) is 15.2. The van der Waals surface area contributed by atoms with Crippen LogP contribution in [0.5, 0.6) is 0 Å². The van der Waals surface area contributed by atoms with Gasteiger partial charge in [0.25, 0.3) is 0 Å². The first-order valence-corrected chi connectivity index (χ1v) is 7.12. The molecule has 2 atom stereocenters. The number of carboxylic acids is 1. The van der Waals surface area contributed by atoms with E-state index >= 15 is 0 Å². The molecule has 0 fully saturated rings. The summed E-state index contributed by atoms with van der Waals surface area (Å²) in [5, 5.41) is 6.97. The Morgan fingerprint density at radius 2 is 1.71 bits per heavy atom. The molecule has 1 rings (SSSR count). The van der Waals surface area contributed by atoms with E-state index in [1.807, 2.05) is 22.6 Å². The third-order valence-electron chi connectivity index (χ3n) is 2.14. The van der Waals surface area contributed by atoms with Crippen molar-refractivity contribution in [3.05, 3.63) is 27.8 Å². The molecule has 0 aliphatic heterocycles. The second kappa shape index (κ2) is 5.29. The van der Waals surface area contributed by atoms with Crippen LogP contribution in [0.15, 0.2) is 29.2 Å². The van der Waals surface area contributed by atoms with Crippen molar-refractivity contribution in [1.29, 1.82) is 0 Å². The SMILES string of the molecule is NC(C(=O)O)[C@@H](N)S(=O)(=O)c1ccc(I)cc1. The van der Waals surface area contributed by atoms with Gasteiger partial charge in [-0.15, -0.1) is 0 Å². The Kier molecular flexibility index (Phi) is 4.47. The van der Waals surface area contributed by atoms with Crippen LogP contribution in [0.3, 0.4) is 0 Å². The number of halogens is 1. The van der Waals surface area contributed by atoms with Gasteiger partial charge in [0.15, 0.2) is 9.84 Å². The number of hydrogen-bond acceptors (Lipinski definition) is 5. The minimum absolute atomic E-state index is 0.0397. The maximum atomic E-state index is 11.9. The molecule has 5 N–H and O–H groups in total. The number of rotatable bonds is 4. The lowest BCUT2D eigenvalue weighted by atomic mass is 10.3. The largest absolute Gasteiger partial charge is 0.480 e. The summed E-state index contributed by atoms with van der Waals surface area (Å²) in [5.74, 6) is -1.45. The monoisotopic (exact) mass is 370 g/mol. The molecule has 17 heavy (non-hydrogen) atoms. The Hall–Kier alpha value is -0.710. The van der Waals surface area contributed by atoms with E-state index in [-0.39, 0.29) is 4.90 Å². The minimum atomic E-state index is -3.93. The molecule has 0 saturated carbocycles. The van der Waals surface area contributed by atoms with Crippen molar-refractivity contribution >= 4 is 38.4 Å². The molecule has 1 aromatic rings. The molecule has 0 aromatic heterocycles. The van der Waals surface area contributed by atoms with Crippen LogP contribution in [0.2, 0.25) is 0 Å². The van der Waals surface area contributed by atoms with Gasteiger partial charge in [0, 0.05) is 3.57 Å². The van der Waals surface area contributed by atoms with Gasteiger partial charge >= 0.3 is 5.97 Å². The highest BCUT2D eigenvalue weighted by atomic mass is 127. The molecule has 0 spiro atoms. The lowest BCUT2D eigenvalue weighted by Gasteiger charge is -2.16. The maximum Gasteiger partial charge on any atom is 0.323 e. The van der Waals surface area contributed by atoms with Gasteiger partial charge in [-0.1, -0.05) is 0 Å². The Morgan fingerprint density at radius 1 is 1.24 bits per heavy atom. The van der Waals surface area contributed by atoms with Crippen molar-refractivity contribution in [3.63, 3.8) is 0 Å². The molecular formula is C9H11IN2O4S. The highest BCUT2D eigenvalue weighted by molar-refractivity contribution is 14.1. The first-order valence-electron chi connectivity index (χ1n) is 4.50. The van der Waals surface area contributed by atoms with E-state index in [2.05, 4.69) is 0 Å². The van der Waals surface area contributed by atoms with Crippen molar-refractivity contribution in [2.75, 3.05) is 0 Å². The highest BCUT2D eigenvalue weighted by Crippen LogP contribution is 2.16. The summed E-state index contributed by atoms with van der Waals surface area (Å²) in [7, 11) is -3.93. The lowest BCUT2D eigenvalue weighted by molar-refractivity contribution is -0.138.